The highest BCUT2D eigenvalue weighted by Crippen LogP contribution is 2.41. The van der Waals surface area contributed by atoms with Gasteiger partial charge in [-0.15, -0.1) is 0 Å². The molecular formula is C10H12ClNO2. The van der Waals surface area contributed by atoms with Crippen LogP contribution in [0.1, 0.15) is 19.4 Å². The van der Waals surface area contributed by atoms with Gasteiger partial charge in [-0.2, -0.15) is 0 Å². The number of halogens is 1. The molecule has 0 saturated carbocycles. The van der Waals surface area contributed by atoms with Gasteiger partial charge in [0.25, 0.3) is 0 Å². The molecule has 0 radical (unpaired) electrons. The van der Waals surface area contributed by atoms with E-state index in [1.54, 1.807) is 0 Å². The first-order valence-electron chi connectivity index (χ1n) is 4.37. The van der Waals surface area contributed by atoms with Gasteiger partial charge in [-0.25, -0.2) is 0 Å². The molecule has 14 heavy (non-hydrogen) atoms. The molecule has 1 aliphatic rings. The van der Waals surface area contributed by atoms with Gasteiger partial charge in [-0.05, 0) is 31.5 Å². The van der Waals surface area contributed by atoms with Gasteiger partial charge in [0.05, 0.1) is 5.02 Å². The van der Waals surface area contributed by atoms with E-state index in [1.165, 1.54) is 0 Å². The molecule has 2 N–H and O–H groups in total. The Morgan fingerprint density at radius 3 is 2.71 bits per heavy atom. The molecule has 2 rings (SSSR count). The van der Waals surface area contributed by atoms with Crippen molar-refractivity contribution >= 4 is 11.6 Å². The number of fused-ring (bicyclic) bond motifs is 1. The molecule has 0 spiro atoms. The number of nitrogens with two attached hydrogens (primary N) is 1. The molecule has 1 aliphatic heterocycles. The molecule has 1 aromatic carbocycles. The number of ether oxygens (including phenoxy) is 2. The van der Waals surface area contributed by atoms with E-state index in [-0.39, 0.29) is 6.79 Å². The molecule has 0 amide bonds. The van der Waals surface area contributed by atoms with Crippen molar-refractivity contribution in [3.63, 3.8) is 0 Å². The van der Waals surface area contributed by atoms with Gasteiger partial charge < -0.3 is 15.2 Å². The quantitative estimate of drug-likeness (QED) is 0.779. The second-order valence-corrected chi connectivity index (χ2v) is 4.32. The predicted molar refractivity (Wildman–Crippen MR) is 54.8 cm³/mol. The highest BCUT2D eigenvalue weighted by molar-refractivity contribution is 6.32. The number of hydrogen-bond acceptors (Lipinski definition) is 3. The Bertz CT molecular complexity index is 371. The minimum Gasteiger partial charge on any atom is -0.454 e. The lowest BCUT2D eigenvalue weighted by atomic mass is 9.95. The lowest BCUT2D eigenvalue weighted by Crippen LogP contribution is -2.28. The van der Waals surface area contributed by atoms with Gasteiger partial charge in [0.15, 0.2) is 11.5 Å². The van der Waals surface area contributed by atoms with Crippen LogP contribution in [0, 0.1) is 0 Å². The van der Waals surface area contributed by atoms with E-state index in [4.69, 9.17) is 26.8 Å². The van der Waals surface area contributed by atoms with E-state index in [1.807, 2.05) is 26.0 Å². The number of rotatable bonds is 1. The molecule has 1 aromatic rings. The lowest BCUT2D eigenvalue weighted by molar-refractivity contribution is 0.174. The third-order valence-corrected chi connectivity index (χ3v) is 2.45. The van der Waals surface area contributed by atoms with Gasteiger partial charge in [-0.1, -0.05) is 11.6 Å². The number of benzene rings is 1. The SMILES string of the molecule is CC(C)(N)c1cc(Cl)c2c(c1)OCO2. The molecule has 4 heteroatoms. The van der Waals surface area contributed by atoms with Crippen molar-refractivity contribution < 1.29 is 9.47 Å². The van der Waals surface area contributed by atoms with Crippen molar-refractivity contribution in [3.05, 3.63) is 22.7 Å². The summed E-state index contributed by atoms with van der Waals surface area (Å²) in [5, 5.41) is 0.550. The van der Waals surface area contributed by atoms with Crippen LogP contribution >= 0.6 is 11.6 Å². The molecule has 0 unspecified atom stereocenters. The Morgan fingerprint density at radius 1 is 1.36 bits per heavy atom. The van der Waals surface area contributed by atoms with Crippen molar-refractivity contribution in [2.75, 3.05) is 6.79 Å². The minimum absolute atomic E-state index is 0.226. The van der Waals surface area contributed by atoms with Crippen molar-refractivity contribution in [1.82, 2.24) is 0 Å². The van der Waals surface area contributed by atoms with E-state index in [2.05, 4.69) is 0 Å². The first kappa shape index (κ1) is 9.62. The fourth-order valence-electron chi connectivity index (χ4n) is 1.34. The van der Waals surface area contributed by atoms with Crippen LogP contribution in [0.25, 0.3) is 0 Å². The summed E-state index contributed by atoms with van der Waals surface area (Å²) in [4.78, 5) is 0. The van der Waals surface area contributed by atoms with Crippen molar-refractivity contribution in [3.8, 4) is 11.5 Å². The summed E-state index contributed by atoms with van der Waals surface area (Å²) in [5.41, 5.74) is 6.48. The second-order valence-electron chi connectivity index (χ2n) is 3.91. The smallest absolute Gasteiger partial charge is 0.231 e. The summed E-state index contributed by atoms with van der Waals surface area (Å²) in [6.07, 6.45) is 0. The Morgan fingerprint density at radius 2 is 2.07 bits per heavy atom. The first-order valence-corrected chi connectivity index (χ1v) is 4.75. The fraction of sp³-hybridized carbons (Fsp3) is 0.400. The van der Waals surface area contributed by atoms with Crippen LogP contribution in [0.3, 0.4) is 0 Å². The molecule has 1 heterocycles. The maximum Gasteiger partial charge on any atom is 0.231 e. The Hall–Kier alpha value is -0.930. The zero-order valence-corrected chi connectivity index (χ0v) is 8.89. The molecule has 0 bridgehead atoms. The topological polar surface area (TPSA) is 44.5 Å². The predicted octanol–water partition coefficient (Wildman–Crippen LogP) is 2.26. The summed E-state index contributed by atoms with van der Waals surface area (Å²) in [6.45, 7) is 4.06. The van der Waals surface area contributed by atoms with Crippen LogP contribution in [0.4, 0.5) is 0 Å². The van der Waals surface area contributed by atoms with Gasteiger partial charge in [0.1, 0.15) is 0 Å². The third-order valence-electron chi connectivity index (χ3n) is 2.17. The normalized spacial score (nSPS) is 14.6. The van der Waals surface area contributed by atoms with E-state index in [0.717, 1.165) is 5.56 Å². The molecule has 0 aliphatic carbocycles. The van der Waals surface area contributed by atoms with Crippen molar-refractivity contribution in [2.24, 2.45) is 5.73 Å². The molecule has 3 nitrogen and oxygen atoms in total. The Kier molecular flexibility index (Phi) is 2.09. The molecular weight excluding hydrogens is 202 g/mol. The van der Waals surface area contributed by atoms with Crippen molar-refractivity contribution in [2.45, 2.75) is 19.4 Å². The van der Waals surface area contributed by atoms with E-state index < -0.39 is 5.54 Å². The van der Waals surface area contributed by atoms with E-state index in [9.17, 15) is 0 Å². The lowest BCUT2D eigenvalue weighted by Gasteiger charge is -2.19. The van der Waals surface area contributed by atoms with Crippen LogP contribution < -0.4 is 15.2 Å². The van der Waals surface area contributed by atoms with Gasteiger partial charge in [0, 0.05) is 5.54 Å². The largest absolute Gasteiger partial charge is 0.454 e. The van der Waals surface area contributed by atoms with Crippen LogP contribution in [-0.2, 0) is 5.54 Å². The zero-order valence-electron chi connectivity index (χ0n) is 8.13. The van der Waals surface area contributed by atoms with Crippen LogP contribution in [0.2, 0.25) is 5.02 Å². The minimum atomic E-state index is -0.426. The van der Waals surface area contributed by atoms with Crippen LogP contribution in [-0.4, -0.2) is 6.79 Å². The van der Waals surface area contributed by atoms with E-state index >= 15 is 0 Å². The third kappa shape index (κ3) is 1.53. The molecule has 0 atom stereocenters. The first-order chi connectivity index (χ1) is 6.48. The Labute approximate surface area is 87.8 Å². The highest BCUT2D eigenvalue weighted by Gasteiger charge is 2.23. The maximum absolute atomic E-state index is 6.02. The second kappa shape index (κ2) is 3.04. The summed E-state index contributed by atoms with van der Waals surface area (Å²) in [7, 11) is 0. The van der Waals surface area contributed by atoms with Gasteiger partial charge in [0.2, 0.25) is 6.79 Å². The summed E-state index contributed by atoms with van der Waals surface area (Å²) in [5.74, 6) is 1.28. The monoisotopic (exact) mass is 213 g/mol. The average molecular weight is 214 g/mol. The molecule has 0 fully saturated rings. The van der Waals surface area contributed by atoms with Crippen LogP contribution in [0.15, 0.2) is 12.1 Å². The molecule has 76 valence electrons. The number of hydrogen-bond donors (Lipinski definition) is 1. The standard InChI is InChI=1S/C10H12ClNO2/c1-10(2,12)6-3-7(11)9-8(4-6)13-5-14-9/h3-4H,5,12H2,1-2H3. The highest BCUT2D eigenvalue weighted by atomic mass is 35.5. The average Bonchev–Trinajstić information content (AvgIpc) is 2.50. The Balaban J connectivity index is 2.52. The van der Waals surface area contributed by atoms with E-state index in [0.29, 0.717) is 16.5 Å². The summed E-state index contributed by atoms with van der Waals surface area (Å²) in [6, 6.07) is 3.68. The fourth-order valence-corrected chi connectivity index (χ4v) is 1.60. The van der Waals surface area contributed by atoms with Crippen LogP contribution in [0.5, 0.6) is 11.5 Å². The zero-order chi connectivity index (χ0) is 10.3. The molecule has 0 aromatic heterocycles. The van der Waals surface area contributed by atoms with Gasteiger partial charge >= 0.3 is 0 Å². The van der Waals surface area contributed by atoms with Crippen molar-refractivity contribution in [1.29, 1.82) is 0 Å². The summed E-state index contributed by atoms with van der Waals surface area (Å²) < 4.78 is 10.5. The summed E-state index contributed by atoms with van der Waals surface area (Å²) >= 11 is 6.02. The van der Waals surface area contributed by atoms with Gasteiger partial charge in [-0.3, -0.25) is 0 Å². The molecule has 0 saturated heterocycles. The maximum atomic E-state index is 6.02.